The molecular formula is C14H14N2O2S. The molecule has 0 spiro atoms. The predicted molar refractivity (Wildman–Crippen MR) is 76.0 cm³/mol. The van der Waals surface area contributed by atoms with Crippen LogP contribution in [0, 0.1) is 0 Å². The zero-order chi connectivity index (χ0) is 13.7. The summed E-state index contributed by atoms with van der Waals surface area (Å²) in [5.41, 5.74) is 0.888. The SMILES string of the molecule is C=CS(=O)(=O)N(Cc1ccccc1)c1ccccn1. The van der Waals surface area contributed by atoms with Gasteiger partial charge in [0.2, 0.25) is 0 Å². The Bertz CT molecular complexity index is 640. The molecule has 4 nitrogen and oxygen atoms in total. The minimum absolute atomic E-state index is 0.228. The molecule has 0 aliphatic heterocycles. The molecule has 0 unspecified atom stereocenters. The zero-order valence-electron chi connectivity index (χ0n) is 10.3. The second kappa shape index (κ2) is 5.67. The molecule has 0 saturated heterocycles. The van der Waals surface area contributed by atoms with Gasteiger partial charge in [-0.05, 0) is 17.7 Å². The first kappa shape index (κ1) is 13.3. The maximum atomic E-state index is 12.1. The van der Waals surface area contributed by atoms with Crippen molar-refractivity contribution < 1.29 is 8.42 Å². The molecule has 0 saturated carbocycles. The van der Waals surface area contributed by atoms with E-state index in [2.05, 4.69) is 11.6 Å². The highest BCUT2D eigenvalue weighted by Gasteiger charge is 2.20. The Morgan fingerprint density at radius 3 is 2.37 bits per heavy atom. The quantitative estimate of drug-likeness (QED) is 0.842. The number of sulfonamides is 1. The Labute approximate surface area is 113 Å². The Morgan fingerprint density at radius 1 is 1.11 bits per heavy atom. The van der Waals surface area contributed by atoms with Crippen LogP contribution >= 0.6 is 0 Å². The molecule has 0 radical (unpaired) electrons. The second-order valence-corrected chi connectivity index (χ2v) is 5.70. The van der Waals surface area contributed by atoms with Gasteiger partial charge in [-0.3, -0.25) is 0 Å². The van der Waals surface area contributed by atoms with Crippen molar-refractivity contribution in [2.45, 2.75) is 6.54 Å². The molecule has 0 aliphatic carbocycles. The van der Waals surface area contributed by atoms with Crippen LogP contribution in [0.3, 0.4) is 0 Å². The van der Waals surface area contributed by atoms with Crippen LogP contribution in [0.15, 0.2) is 66.7 Å². The summed E-state index contributed by atoms with van der Waals surface area (Å²) in [4.78, 5) is 4.09. The smallest absolute Gasteiger partial charge is 0.246 e. The highest BCUT2D eigenvalue weighted by Crippen LogP contribution is 2.18. The van der Waals surface area contributed by atoms with E-state index in [1.54, 1.807) is 24.4 Å². The molecule has 2 rings (SSSR count). The number of benzene rings is 1. The zero-order valence-corrected chi connectivity index (χ0v) is 11.1. The van der Waals surface area contributed by atoms with Gasteiger partial charge in [-0.25, -0.2) is 17.7 Å². The van der Waals surface area contributed by atoms with E-state index in [1.807, 2.05) is 30.3 Å². The first-order chi connectivity index (χ1) is 9.13. The van der Waals surface area contributed by atoms with Crippen LogP contribution in [0.5, 0.6) is 0 Å². The number of anilines is 1. The van der Waals surface area contributed by atoms with Crippen LogP contribution in [-0.2, 0) is 16.6 Å². The van der Waals surface area contributed by atoms with Crippen molar-refractivity contribution in [3.8, 4) is 0 Å². The highest BCUT2D eigenvalue weighted by molar-refractivity contribution is 7.95. The molecule has 0 atom stereocenters. The number of rotatable bonds is 5. The summed E-state index contributed by atoms with van der Waals surface area (Å²) >= 11 is 0. The van der Waals surface area contributed by atoms with Crippen LogP contribution in [0.25, 0.3) is 0 Å². The Balaban J connectivity index is 2.39. The summed E-state index contributed by atoms with van der Waals surface area (Å²) in [5.74, 6) is 0.381. The first-order valence-corrected chi connectivity index (χ1v) is 7.24. The summed E-state index contributed by atoms with van der Waals surface area (Å²) in [6, 6.07) is 14.5. The largest absolute Gasteiger partial charge is 0.258 e. The van der Waals surface area contributed by atoms with Gasteiger partial charge in [0.15, 0.2) is 0 Å². The third-order valence-electron chi connectivity index (χ3n) is 2.59. The molecule has 0 amide bonds. The van der Waals surface area contributed by atoms with E-state index in [1.165, 1.54) is 4.31 Å². The van der Waals surface area contributed by atoms with Crippen molar-refractivity contribution in [2.75, 3.05) is 4.31 Å². The van der Waals surface area contributed by atoms with Crippen molar-refractivity contribution in [2.24, 2.45) is 0 Å². The molecule has 98 valence electrons. The molecule has 0 aliphatic rings. The number of hydrogen-bond acceptors (Lipinski definition) is 3. The van der Waals surface area contributed by atoms with Gasteiger partial charge in [0.1, 0.15) is 5.82 Å². The summed E-state index contributed by atoms with van der Waals surface area (Å²) in [7, 11) is -3.58. The normalized spacial score (nSPS) is 10.9. The van der Waals surface area contributed by atoms with E-state index >= 15 is 0 Å². The lowest BCUT2D eigenvalue weighted by atomic mass is 10.2. The topological polar surface area (TPSA) is 50.3 Å². The van der Waals surface area contributed by atoms with Crippen LogP contribution in [0.1, 0.15) is 5.56 Å². The molecule has 1 aromatic heterocycles. The van der Waals surface area contributed by atoms with Crippen LogP contribution in [0.4, 0.5) is 5.82 Å². The number of pyridine rings is 1. The maximum absolute atomic E-state index is 12.1. The predicted octanol–water partition coefficient (Wildman–Crippen LogP) is 2.56. The Kier molecular flexibility index (Phi) is 3.97. The number of hydrogen-bond donors (Lipinski definition) is 0. The van der Waals surface area contributed by atoms with Crippen molar-refractivity contribution in [3.05, 3.63) is 72.3 Å². The lowest BCUT2D eigenvalue weighted by Gasteiger charge is -2.21. The third kappa shape index (κ3) is 3.20. The number of nitrogens with zero attached hydrogens (tertiary/aromatic N) is 2. The first-order valence-electron chi connectivity index (χ1n) is 5.73. The fourth-order valence-electron chi connectivity index (χ4n) is 1.64. The lowest BCUT2D eigenvalue weighted by Crippen LogP contribution is -2.29. The molecule has 5 heteroatoms. The summed E-state index contributed by atoms with van der Waals surface area (Å²) < 4.78 is 25.4. The van der Waals surface area contributed by atoms with Gasteiger partial charge in [-0.2, -0.15) is 0 Å². The van der Waals surface area contributed by atoms with E-state index in [4.69, 9.17) is 0 Å². The lowest BCUT2D eigenvalue weighted by molar-refractivity contribution is 0.598. The Morgan fingerprint density at radius 2 is 1.79 bits per heavy atom. The standard InChI is InChI=1S/C14H14N2O2S/c1-2-19(17,18)16(14-10-6-7-11-15-14)12-13-8-4-3-5-9-13/h2-11H,1,12H2. The van der Waals surface area contributed by atoms with Crippen molar-refractivity contribution >= 4 is 15.8 Å². The van der Waals surface area contributed by atoms with Crippen molar-refractivity contribution in [1.29, 1.82) is 0 Å². The summed E-state index contributed by atoms with van der Waals surface area (Å²) in [6.45, 7) is 3.59. The van der Waals surface area contributed by atoms with Gasteiger partial charge < -0.3 is 0 Å². The molecule has 19 heavy (non-hydrogen) atoms. The van der Waals surface area contributed by atoms with E-state index < -0.39 is 10.0 Å². The molecular weight excluding hydrogens is 260 g/mol. The number of aromatic nitrogens is 1. The monoisotopic (exact) mass is 274 g/mol. The highest BCUT2D eigenvalue weighted by atomic mass is 32.2. The van der Waals surface area contributed by atoms with Crippen molar-refractivity contribution in [1.82, 2.24) is 4.98 Å². The average molecular weight is 274 g/mol. The van der Waals surface area contributed by atoms with E-state index in [-0.39, 0.29) is 6.54 Å². The fraction of sp³-hybridized carbons (Fsp3) is 0.0714. The van der Waals surface area contributed by atoms with Crippen LogP contribution in [-0.4, -0.2) is 13.4 Å². The molecule has 0 N–H and O–H groups in total. The van der Waals surface area contributed by atoms with Gasteiger partial charge >= 0.3 is 0 Å². The third-order valence-corrected chi connectivity index (χ3v) is 3.94. The van der Waals surface area contributed by atoms with Crippen LogP contribution < -0.4 is 4.31 Å². The minimum Gasteiger partial charge on any atom is -0.246 e. The van der Waals surface area contributed by atoms with E-state index in [0.717, 1.165) is 11.0 Å². The maximum Gasteiger partial charge on any atom is 0.258 e. The van der Waals surface area contributed by atoms with Gasteiger partial charge in [-0.1, -0.05) is 43.0 Å². The van der Waals surface area contributed by atoms with E-state index in [9.17, 15) is 8.42 Å². The Hall–Kier alpha value is -2.14. The van der Waals surface area contributed by atoms with Crippen molar-refractivity contribution in [3.63, 3.8) is 0 Å². The molecule has 0 bridgehead atoms. The molecule has 2 aromatic rings. The van der Waals surface area contributed by atoms with Gasteiger partial charge in [0.25, 0.3) is 10.0 Å². The minimum atomic E-state index is -3.58. The summed E-state index contributed by atoms with van der Waals surface area (Å²) in [6.07, 6.45) is 1.56. The molecule has 1 aromatic carbocycles. The van der Waals surface area contributed by atoms with Gasteiger partial charge in [0, 0.05) is 11.6 Å². The fourth-order valence-corrected chi connectivity index (χ4v) is 2.52. The van der Waals surface area contributed by atoms with E-state index in [0.29, 0.717) is 5.82 Å². The molecule has 1 heterocycles. The van der Waals surface area contributed by atoms with Crippen LogP contribution in [0.2, 0.25) is 0 Å². The summed E-state index contributed by atoms with van der Waals surface area (Å²) in [5, 5.41) is 0.935. The average Bonchev–Trinajstić information content (AvgIpc) is 2.46. The molecule has 0 fully saturated rings. The van der Waals surface area contributed by atoms with Gasteiger partial charge in [-0.15, -0.1) is 0 Å². The second-order valence-electron chi connectivity index (χ2n) is 3.89. The van der Waals surface area contributed by atoms with Gasteiger partial charge in [0.05, 0.1) is 6.54 Å².